The largest absolute Gasteiger partial charge is 0.314 e. The summed E-state index contributed by atoms with van der Waals surface area (Å²) < 4.78 is 0. The molecule has 110 valence electrons. The van der Waals surface area contributed by atoms with Crippen molar-refractivity contribution in [1.82, 2.24) is 5.32 Å². The fourth-order valence-electron chi connectivity index (χ4n) is 2.37. The van der Waals surface area contributed by atoms with E-state index in [1.807, 2.05) is 0 Å². The Balaban J connectivity index is 3.61. The molecule has 18 heavy (non-hydrogen) atoms. The van der Waals surface area contributed by atoms with E-state index in [1.165, 1.54) is 64.3 Å². The zero-order chi connectivity index (χ0) is 13.9. The Morgan fingerprint density at radius 2 is 1.39 bits per heavy atom. The molecule has 0 aliphatic heterocycles. The van der Waals surface area contributed by atoms with Crippen molar-refractivity contribution < 1.29 is 0 Å². The van der Waals surface area contributed by atoms with Crippen molar-refractivity contribution in [3.63, 3.8) is 0 Å². The summed E-state index contributed by atoms with van der Waals surface area (Å²) in [4.78, 5) is 0. The molecule has 0 bridgehead atoms. The van der Waals surface area contributed by atoms with Gasteiger partial charge in [0.05, 0.1) is 0 Å². The summed E-state index contributed by atoms with van der Waals surface area (Å²) in [5, 5.41) is 3.73. The van der Waals surface area contributed by atoms with Crippen LogP contribution < -0.4 is 5.32 Å². The first-order valence-corrected chi connectivity index (χ1v) is 8.28. The van der Waals surface area contributed by atoms with Gasteiger partial charge in [0.25, 0.3) is 0 Å². The van der Waals surface area contributed by atoms with Gasteiger partial charge in [0.2, 0.25) is 0 Å². The van der Waals surface area contributed by atoms with E-state index in [0.29, 0.717) is 11.5 Å². The lowest BCUT2D eigenvalue weighted by Crippen LogP contribution is -2.40. The minimum Gasteiger partial charge on any atom is -0.314 e. The highest BCUT2D eigenvalue weighted by Gasteiger charge is 2.24. The number of hydrogen-bond acceptors (Lipinski definition) is 1. The molecule has 0 radical (unpaired) electrons. The number of nitrogens with one attached hydrogen (secondary N) is 1. The number of rotatable bonds is 12. The third-order valence-corrected chi connectivity index (χ3v) is 4.33. The van der Waals surface area contributed by atoms with Crippen LogP contribution in [0, 0.1) is 5.41 Å². The normalized spacial score (nSPS) is 13.8. The first kappa shape index (κ1) is 18.0. The highest BCUT2D eigenvalue weighted by molar-refractivity contribution is 4.80. The van der Waals surface area contributed by atoms with Gasteiger partial charge in [-0.05, 0) is 31.7 Å². The molecule has 1 N–H and O–H groups in total. The molecule has 0 aliphatic rings. The maximum Gasteiger partial charge on any atom is 0.00899 e. The standard InChI is InChI=1S/C17H37N/c1-6-8-10-11-13-15-18-16(3)17(4,5)14-12-9-7-2/h16,18H,6-15H2,1-5H3. The van der Waals surface area contributed by atoms with Crippen molar-refractivity contribution in [2.24, 2.45) is 5.41 Å². The van der Waals surface area contributed by atoms with Gasteiger partial charge < -0.3 is 5.32 Å². The van der Waals surface area contributed by atoms with Crippen LogP contribution in [0.2, 0.25) is 0 Å². The van der Waals surface area contributed by atoms with Gasteiger partial charge >= 0.3 is 0 Å². The summed E-state index contributed by atoms with van der Waals surface area (Å²) in [6.45, 7) is 12.9. The van der Waals surface area contributed by atoms with Crippen LogP contribution >= 0.6 is 0 Å². The summed E-state index contributed by atoms with van der Waals surface area (Å²) in [7, 11) is 0. The Morgan fingerprint density at radius 1 is 0.833 bits per heavy atom. The third kappa shape index (κ3) is 8.97. The van der Waals surface area contributed by atoms with Crippen molar-refractivity contribution >= 4 is 0 Å². The van der Waals surface area contributed by atoms with E-state index in [0.717, 1.165) is 0 Å². The molecular weight excluding hydrogens is 218 g/mol. The molecule has 1 heteroatoms. The van der Waals surface area contributed by atoms with E-state index >= 15 is 0 Å². The van der Waals surface area contributed by atoms with Crippen LogP contribution in [-0.2, 0) is 0 Å². The highest BCUT2D eigenvalue weighted by atomic mass is 14.9. The van der Waals surface area contributed by atoms with Crippen LogP contribution in [-0.4, -0.2) is 12.6 Å². The zero-order valence-corrected chi connectivity index (χ0v) is 13.6. The maximum atomic E-state index is 3.73. The topological polar surface area (TPSA) is 12.0 Å². The van der Waals surface area contributed by atoms with Crippen LogP contribution in [0.25, 0.3) is 0 Å². The highest BCUT2D eigenvalue weighted by Crippen LogP contribution is 2.27. The maximum absolute atomic E-state index is 3.73. The second-order valence-electron chi connectivity index (χ2n) is 6.54. The summed E-state index contributed by atoms with van der Waals surface area (Å²) in [5.41, 5.74) is 0.443. The van der Waals surface area contributed by atoms with Crippen LogP contribution in [0.3, 0.4) is 0 Å². The quantitative estimate of drug-likeness (QED) is 0.451. The summed E-state index contributed by atoms with van der Waals surface area (Å²) in [6, 6.07) is 0.639. The van der Waals surface area contributed by atoms with E-state index in [1.54, 1.807) is 0 Å². The van der Waals surface area contributed by atoms with E-state index in [9.17, 15) is 0 Å². The average Bonchev–Trinajstić information content (AvgIpc) is 2.33. The second-order valence-corrected chi connectivity index (χ2v) is 6.54. The molecule has 0 spiro atoms. The molecule has 0 aromatic carbocycles. The van der Waals surface area contributed by atoms with Crippen molar-refractivity contribution in [1.29, 1.82) is 0 Å². The van der Waals surface area contributed by atoms with Crippen molar-refractivity contribution in [3.8, 4) is 0 Å². The van der Waals surface area contributed by atoms with Crippen molar-refractivity contribution in [3.05, 3.63) is 0 Å². The first-order chi connectivity index (χ1) is 8.54. The molecule has 0 fully saturated rings. The molecule has 0 amide bonds. The van der Waals surface area contributed by atoms with Gasteiger partial charge in [-0.25, -0.2) is 0 Å². The van der Waals surface area contributed by atoms with Gasteiger partial charge in [0.1, 0.15) is 0 Å². The molecule has 0 saturated heterocycles. The zero-order valence-electron chi connectivity index (χ0n) is 13.6. The van der Waals surface area contributed by atoms with Gasteiger partial charge in [0.15, 0.2) is 0 Å². The summed E-state index contributed by atoms with van der Waals surface area (Å²) in [6.07, 6.45) is 12.3. The summed E-state index contributed by atoms with van der Waals surface area (Å²) >= 11 is 0. The first-order valence-electron chi connectivity index (χ1n) is 8.28. The smallest absolute Gasteiger partial charge is 0.00899 e. The Morgan fingerprint density at radius 3 is 2.00 bits per heavy atom. The Hall–Kier alpha value is -0.0400. The van der Waals surface area contributed by atoms with Crippen LogP contribution in [0.4, 0.5) is 0 Å². The predicted octanol–water partition coefficient (Wildman–Crippen LogP) is 5.54. The molecule has 0 rings (SSSR count). The molecule has 1 unspecified atom stereocenters. The van der Waals surface area contributed by atoms with E-state index < -0.39 is 0 Å². The number of unbranched alkanes of at least 4 members (excludes halogenated alkanes) is 6. The molecule has 0 aromatic heterocycles. The van der Waals surface area contributed by atoms with Crippen molar-refractivity contribution in [2.45, 2.75) is 98.4 Å². The lowest BCUT2D eigenvalue weighted by Gasteiger charge is -2.33. The van der Waals surface area contributed by atoms with Gasteiger partial charge in [-0.2, -0.15) is 0 Å². The number of hydrogen-bond donors (Lipinski definition) is 1. The Labute approximate surface area is 116 Å². The SMILES string of the molecule is CCCCCCCNC(C)C(C)(C)CCCCC. The molecule has 0 saturated carbocycles. The van der Waals surface area contributed by atoms with Crippen LogP contribution in [0.15, 0.2) is 0 Å². The van der Waals surface area contributed by atoms with Crippen LogP contribution in [0.1, 0.15) is 92.4 Å². The fraction of sp³-hybridized carbons (Fsp3) is 1.00. The predicted molar refractivity (Wildman–Crippen MR) is 84.1 cm³/mol. The molecular formula is C17H37N. The van der Waals surface area contributed by atoms with Gasteiger partial charge in [-0.1, -0.05) is 72.6 Å². The van der Waals surface area contributed by atoms with Crippen molar-refractivity contribution in [2.75, 3.05) is 6.54 Å². The molecule has 0 heterocycles. The summed E-state index contributed by atoms with van der Waals surface area (Å²) in [5.74, 6) is 0. The third-order valence-electron chi connectivity index (χ3n) is 4.33. The molecule has 0 aromatic rings. The minimum absolute atomic E-state index is 0.443. The van der Waals surface area contributed by atoms with Gasteiger partial charge in [0, 0.05) is 6.04 Å². The van der Waals surface area contributed by atoms with E-state index in [-0.39, 0.29) is 0 Å². The van der Waals surface area contributed by atoms with Crippen LogP contribution in [0.5, 0.6) is 0 Å². The Bertz CT molecular complexity index is 174. The molecule has 1 nitrogen and oxygen atoms in total. The van der Waals surface area contributed by atoms with Gasteiger partial charge in [-0.15, -0.1) is 0 Å². The van der Waals surface area contributed by atoms with E-state index in [2.05, 4.69) is 39.9 Å². The monoisotopic (exact) mass is 255 g/mol. The lowest BCUT2D eigenvalue weighted by molar-refractivity contribution is 0.229. The molecule has 0 aliphatic carbocycles. The lowest BCUT2D eigenvalue weighted by atomic mass is 9.80. The second kappa shape index (κ2) is 10.8. The van der Waals surface area contributed by atoms with E-state index in [4.69, 9.17) is 0 Å². The molecule has 1 atom stereocenters. The average molecular weight is 255 g/mol. The minimum atomic E-state index is 0.443. The Kier molecular flexibility index (Phi) is 10.8. The fourth-order valence-corrected chi connectivity index (χ4v) is 2.37. The van der Waals surface area contributed by atoms with Gasteiger partial charge in [-0.3, -0.25) is 0 Å².